The highest BCUT2D eigenvalue weighted by Gasteiger charge is 2.16. The molecule has 0 heterocycles. The Bertz CT molecular complexity index is 911. The van der Waals surface area contributed by atoms with Crippen molar-refractivity contribution in [3.05, 3.63) is 59.7 Å². The first-order valence-electron chi connectivity index (χ1n) is 8.42. The summed E-state index contributed by atoms with van der Waals surface area (Å²) in [5.41, 5.74) is 2.58. The quantitative estimate of drug-likeness (QED) is 0.672. The van der Waals surface area contributed by atoms with Crippen molar-refractivity contribution < 1.29 is 22.7 Å². The summed E-state index contributed by atoms with van der Waals surface area (Å²) >= 11 is 0. The van der Waals surface area contributed by atoms with Crippen LogP contribution in [0.5, 0.6) is 0 Å². The molecule has 2 aromatic rings. The molecule has 0 fully saturated rings. The van der Waals surface area contributed by atoms with Crippen molar-refractivity contribution in [2.45, 2.75) is 25.2 Å². The zero-order valence-corrected chi connectivity index (χ0v) is 16.0. The van der Waals surface area contributed by atoms with Crippen molar-refractivity contribution in [2.24, 2.45) is 0 Å². The van der Waals surface area contributed by atoms with Gasteiger partial charge in [0.15, 0.2) is 6.61 Å². The number of ether oxygens (including phenoxy) is 1. The predicted octanol–water partition coefficient (Wildman–Crippen LogP) is 2.02. The first kappa shape index (κ1) is 20.6. The van der Waals surface area contributed by atoms with Crippen LogP contribution >= 0.6 is 0 Å². The van der Waals surface area contributed by atoms with Gasteiger partial charge in [-0.15, -0.1) is 0 Å². The van der Waals surface area contributed by atoms with E-state index < -0.39 is 35.1 Å². The van der Waals surface area contributed by atoms with Gasteiger partial charge in [-0.25, -0.2) is 8.42 Å². The third kappa shape index (κ3) is 5.90. The summed E-state index contributed by atoms with van der Waals surface area (Å²) in [6.45, 7) is 2.79. The van der Waals surface area contributed by atoms with E-state index in [9.17, 15) is 18.0 Å². The number of rotatable bonds is 8. The molecule has 0 aliphatic rings. The third-order valence-electron chi connectivity index (χ3n) is 3.83. The smallest absolute Gasteiger partial charge is 0.321 e. The fourth-order valence-electron chi connectivity index (χ4n) is 2.41. The van der Waals surface area contributed by atoms with Gasteiger partial charge in [0, 0.05) is 5.69 Å². The van der Waals surface area contributed by atoms with Gasteiger partial charge in [0.2, 0.25) is 10.0 Å². The number of carbonyl (C=O) groups is 2. The van der Waals surface area contributed by atoms with E-state index in [0.717, 1.165) is 17.5 Å². The minimum absolute atomic E-state index is 0.0437. The van der Waals surface area contributed by atoms with E-state index in [-0.39, 0.29) is 4.90 Å². The fourth-order valence-corrected chi connectivity index (χ4v) is 3.40. The summed E-state index contributed by atoms with van der Waals surface area (Å²) in [5.74, 6) is -1.33. The van der Waals surface area contributed by atoms with E-state index in [0.29, 0.717) is 5.69 Å². The number of hydrogen-bond acceptors (Lipinski definition) is 5. The molecule has 0 saturated heterocycles. The molecule has 0 unspecified atom stereocenters. The van der Waals surface area contributed by atoms with Crippen LogP contribution in [0.15, 0.2) is 53.4 Å². The van der Waals surface area contributed by atoms with Gasteiger partial charge in [-0.2, -0.15) is 4.72 Å². The van der Waals surface area contributed by atoms with Crippen LogP contribution in [-0.2, 0) is 30.8 Å². The molecule has 2 N–H and O–H groups in total. The normalized spacial score (nSPS) is 11.0. The number of nitrogens with one attached hydrogen (secondary N) is 2. The lowest BCUT2D eigenvalue weighted by atomic mass is 10.1. The van der Waals surface area contributed by atoms with Gasteiger partial charge in [0.25, 0.3) is 5.91 Å². The Balaban J connectivity index is 1.85. The Hall–Kier alpha value is -2.71. The summed E-state index contributed by atoms with van der Waals surface area (Å²) in [6.07, 6.45) is 0.748. The number of benzene rings is 2. The SMILES string of the molecule is CCc1cccc(C)c1NC(=O)COC(=O)CNS(=O)(=O)c1ccccc1. The molecule has 0 atom stereocenters. The summed E-state index contributed by atoms with van der Waals surface area (Å²) in [6, 6.07) is 13.4. The molecular formula is C19H22N2O5S. The molecule has 1 amide bonds. The molecule has 27 heavy (non-hydrogen) atoms. The zero-order chi connectivity index (χ0) is 19.9. The minimum atomic E-state index is -3.81. The number of aryl methyl sites for hydroxylation is 2. The van der Waals surface area contributed by atoms with Crippen molar-refractivity contribution >= 4 is 27.6 Å². The van der Waals surface area contributed by atoms with Crippen LogP contribution in [0.1, 0.15) is 18.1 Å². The van der Waals surface area contributed by atoms with Gasteiger partial charge in [-0.05, 0) is 36.6 Å². The highest BCUT2D eigenvalue weighted by atomic mass is 32.2. The maximum atomic E-state index is 12.0. The molecule has 2 rings (SSSR count). The predicted molar refractivity (Wildman–Crippen MR) is 102 cm³/mol. The monoisotopic (exact) mass is 390 g/mol. The van der Waals surface area contributed by atoms with Gasteiger partial charge in [0.1, 0.15) is 6.54 Å². The maximum absolute atomic E-state index is 12.0. The molecule has 0 saturated carbocycles. The minimum Gasteiger partial charge on any atom is -0.455 e. The van der Waals surface area contributed by atoms with Gasteiger partial charge in [-0.3, -0.25) is 9.59 Å². The van der Waals surface area contributed by atoms with Crippen molar-refractivity contribution in [2.75, 3.05) is 18.5 Å². The van der Waals surface area contributed by atoms with Crippen LogP contribution < -0.4 is 10.0 Å². The molecule has 0 aliphatic carbocycles. The van der Waals surface area contributed by atoms with Gasteiger partial charge in [-0.1, -0.05) is 43.3 Å². The molecule has 2 aromatic carbocycles. The van der Waals surface area contributed by atoms with Crippen molar-refractivity contribution in [1.82, 2.24) is 4.72 Å². The molecule has 0 aromatic heterocycles. The van der Waals surface area contributed by atoms with Crippen LogP contribution in [-0.4, -0.2) is 33.4 Å². The number of sulfonamides is 1. The van der Waals surface area contributed by atoms with Gasteiger partial charge >= 0.3 is 5.97 Å². The largest absolute Gasteiger partial charge is 0.455 e. The number of para-hydroxylation sites is 1. The highest BCUT2D eigenvalue weighted by Crippen LogP contribution is 2.20. The summed E-state index contributed by atoms with van der Waals surface area (Å²) in [5, 5.41) is 2.73. The molecule has 0 radical (unpaired) electrons. The average Bonchev–Trinajstić information content (AvgIpc) is 2.67. The second-order valence-corrected chi connectivity index (χ2v) is 7.58. The molecule has 0 spiro atoms. The second-order valence-electron chi connectivity index (χ2n) is 5.81. The van der Waals surface area contributed by atoms with Crippen molar-refractivity contribution in [3.63, 3.8) is 0 Å². The topological polar surface area (TPSA) is 102 Å². The van der Waals surface area contributed by atoms with E-state index in [4.69, 9.17) is 4.74 Å². The summed E-state index contributed by atoms with van der Waals surface area (Å²) in [7, 11) is -3.81. The number of carbonyl (C=O) groups excluding carboxylic acids is 2. The molecular weight excluding hydrogens is 368 g/mol. The summed E-state index contributed by atoms with van der Waals surface area (Å²) < 4.78 is 31.0. The maximum Gasteiger partial charge on any atom is 0.321 e. The van der Waals surface area contributed by atoms with Crippen LogP contribution in [0.2, 0.25) is 0 Å². The van der Waals surface area contributed by atoms with Gasteiger partial charge in [0.05, 0.1) is 4.90 Å². The zero-order valence-electron chi connectivity index (χ0n) is 15.2. The van der Waals surface area contributed by atoms with Crippen LogP contribution in [0.4, 0.5) is 5.69 Å². The number of esters is 1. The molecule has 144 valence electrons. The lowest BCUT2D eigenvalue weighted by molar-refractivity contribution is -0.146. The number of anilines is 1. The van der Waals surface area contributed by atoms with Crippen LogP contribution in [0.25, 0.3) is 0 Å². The Kier molecular flexibility index (Phi) is 7.09. The Morgan fingerprint density at radius 3 is 2.41 bits per heavy atom. The second kappa shape index (κ2) is 9.29. The Morgan fingerprint density at radius 2 is 1.74 bits per heavy atom. The lowest BCUT2D eigenvalue weighted by Crippen LogP contribution is -2.32. The fraction of sp³-hybridized carbons (Fsp3) is 0.263. The molecule has 8 heteroatoms. The third-order valence-corrected chi connectivity index (χ3v) is 5.25. The molecule has 7 nitrogen and oxygen atoms in total. The van der Waals surface area contributed by atoms with Crippen molar-refractivity contribution in [3.8, 4) is 0 Å². The van der Waals surface area contributed by atoms with E-state index in [2.05, 4.69) is 10.0 Å². The lowest BCUT2D eigenvalue weighted by Gasteiger charge is -2.13. The number of amides is 1. The first-order chi connectivity index (χ1) is 12.8. The van der Waals surface area contributed by atoms with E-state index in [1.165, 1.54) is 12.1 Å². The summed E-state index contributed by atoms with van der Waals surface area (Å²) in [4.78, 5) is 23.8. The Labute approximate surface area is 158 Å². The van der Waals surface area contributed by atoms with E-state index in [1.807, 2.05) is 32.0 Å². The van der Waals surface area contributed by atoms with Crippen LogP contribution in [0, 0.1) is 6.92 Å². The molecule has 0 aliphatic heterocycles. The first-order valence-corrected chi connectivity index (χ1v) is 9.90. The van der Waals surface area contributed by atoms with Gasteiger partial charge < -0.3 is 10.1 Å². The van der Waals surface area contributed by atoms with Crippen molar-refractivity contribution in [1.29, 1.82) is 0 Å². The standard InChI is InChI=1S/C19H22N2O5S/c1-3-15-9-7-8-14(2)19(15)21-17(22)13-26-18(23)12-20-27(24,25)16-10-5-4-6-11-16/h4-11,20H,3,12-13H2,1-2H3,(H,21,22). The van der Waals surface area contributed by atoms with E-state index >= 15 is 0 Å². The van der Waals surface area contributed by atoms with E-state index in [1.54, 1.807) is 18.2 Å². The van der Waals surface area contributed by atoms with Crippen LogP contribution in [0.3, 0.4) is 0 Å². The molecule has 0 bridgehead atoms. The number of hydrogen-bond donors (Lipinski definition) is 2. The Morgan fingerprint density at radius 1 is 1.04 bits per heavy atom. The highest BCUT2D eigenvalue weighted by molar-refractivity contribution is 7.89. The average molecular weight is 390 g/mol.